The molecule has 0 aliphatic carbocycles. The molecule has 0 atom stereocenters. The molecule has 0 amide bonds. The highest BCUT2D eigenvalue weighted by molar-refractivity contribution is 9.10. The van der Waals surface area contributed by atoms with E-state index in [1.807, 2.05) is 48.5 Å². The van der Waals surface area contributed by atoms with Crippen LogP contribution in [0, 0.1) is 0 Å². The number of benzene rings is 2. The third-order valence-corrected chi connectivity index (χ3v) is 3.97. The van der Waals surface area contributed by atoms with Crippen LogP contribution in [0.15, 0.2) is 62.4 Å². The first-order valence-corrected chi connectivity index (χ1v) is 7.78. The van der Waals surface area contributed by atoms with Crippen LogP contribution in [0.3, 0.4) is 0 Å². The fourth-order valence-corrected chi connectivity index (χ4v) is 2.72. The summed E-state index contributed by atoms with van der Waals surface area (Å²) in [4.78, 5) is 5.83. The summed E-state index contributed by atoms with van der Waals surface area (Å²) in [5.41, 5.74) is 7.64. The van der Waals surface area contributed by atoms with Crippen LogP contribution in [0.2, 0.25) is 0 Å². The molecule has 1 aromatic heterocycles. The van der Waals surface area contributed by atoms with Crippen LogP contribution in [0.5, 0.6) is 5.75 Å². The smallest absolute Gasteiger partial charge is 0.208 e. The van der Waals surface area contributed by atoms with E-state index < -0.39 is 0 Å². The van der Waals surface area contributed by atoms with Gasteiger partial charge in [0.2, 0.25) is 11.8 Å². The van der Waals surface area contributed by atoms with Crippen molar-refractivity contribution in [2.75, 3.05) is 19.1 Å². The van der Waals surface area contributed by atoms with Crippen molar-refractivity contribution < 1.29 is 9.15 Å². The van der Waals surface area contributed by atoms with Gasteiger partial charge >= 0.3 is 0 Å². The van der Waals surface area contributed by atoms with Crippen molar-refractivity contribution in [3.8, 4) is 5.75 Å². The highest BCUT2D eigenvalue weighted by Gasteiger charge is 2.21. The van der Waals surface area contributed by atoms with Crippen LogP contribution in [0.1, 0.15) is 0 Å². The Kier molecular flexibility index (Phi) is 4.25. The number of furan rings is 1. The monoisotopic (exact) mass is 373 g/mol. The number of hydrogen-bond acceptors (Lipinski definition) is 3. The van der Waals surface area contributed by atoms with Gasteiger partial charge in [-0.15, -0.1) is 0 Å². The molecule has 118 valence electrons. The van der Waals surface area contributed by atoms with Gasteiger partial charge < -0.3 is 14.9 Å². The fraction of sp³-hybridized carbons (Fsp3) is 0.118. The SMILES string of the molecule is CN=C(N)N(c1cc2ccccc2o1)c1cc(Br)ccc1OC. The molecule has 0 saturated carbocycles. The number of methoxy groups -OCH3 is 1. The van der Waals surface area contributed by atoms with Gasteiger partial charge in [0, 0.05) is 23.0 Å². The van der Waals surface area contributed by atoms with E-state index >= 15 is 0 Å². The maximum absolute atomic E-state index is 6.12. The van der Waals surface area contributed by atoms with Gasteiger partial charge in [-0.3, -0.25) is 4.99 Å². The summed E-state index contributed by atoms with van der Waals surface area (Å²) in [6, 6.07) is 15.4. The van der Waals surface area contributed by atoms with Gasteiger partial charge in [-0.25, -0.2) is 4.90 Å². The quantitative estimate of drug-likeness (QED) is 0.549. The van der Waals surface area contributed by atoms with E-state index in [1.165, 1.54) is 0 Å². The number of nitrogens with zero attached hydrogens (tertiary/aromatic N) is 2. The van der Waals surface area contributed by atoms with Crippen molar-refractivity contribution in [2.24, 2.45) is 10.7 Å². The molecule has 0 fully saturated rings. The molecule has 0 saturated heterocycles. The third kappa shape index (κ3) is 2.90. The van der Waals surface area contributed by atoms with Crippen molar-refractivity contribution in [2.45, 2.75) is 0 Å². The van der Waals surface area contributed by atoms with Crippen molar-refractivity contribution in [3.63, 3.8) is 0 Å². The number of ether oxygens (including phenoxy) is 1. The van der Waals surface area contributed by atoms with Gasteiger partial charge in [-0.2, -0.15) is 0 Å². The Labute approximate surface area is 142 Å². The van der Waals surface area contributed by atoms with E-state index in [-0.39, 0.29) is 0 Å². The number of aliphatic imine (C=N–C) groups is 1. The zero-order chi connectivity index (χ0) is 16.4. The van der Waals surface area contributed by atoms with E-state index in [0.717, 1.165) is 21.1 Å². The van der Waals surface area contributed by atoms with Gasteiger partial charge in [0.15, 0.2) is 0 Å². The van der Waals surface area contributed by atoms with Crippen LogP contribution in [-0.4, -0.2) is 20.1 Å². The summed E-state index contributed by atoms with van der Waals surface area (Å²) in [6.07, 6.45) is 0. The topological polar surface area (TPSA) is 64.0 Å². The Balaban J connectivity index is 2.21. The summed E-state index contributed by atoms with van der Waals surface area (Å²) in [5, 5.41) is 0.991. The van der Waals surface area contributed by atoms with Crippen LogP contribution >= 0.6 is 15.9 Å². The molecule has 0 aliphatic heterocycles. The van der Waals surface area contributed by atoms with E-state index in [4.69, 9.17) is 14.9 Å². The predicted octanol–water partition coefficient (Wildman–Crippen LogP) is 4.29. The lowest BCUT2D eigenvalue weighted by molar-refractivity contribution is 0.415. The molecule has 5 nitrogen and oxygen atoms in total. The molecule has 0 unspecified atom stereocenters. The summed E-state index contributed by atoms with van der Waals surface area (Å²) in [7, 11) is 3.25. The first-order chi connectivity index (χ1) is 11.1. The van der Waals surface area contributed by atoms with E-state index in [0.29, 0.717) is 17.6 Å². The molecular formula is C17H16BrN3O2. The molecule has 1 heterocycles. The second-order valence-electron chi connectivity index (χ2n) is 4.86. The molecule has 3 rings (SSSR count). The minimum absolute atomic E-state index is 0.306. The first-order valence-electron chi connectivity index (χ1n) is 6.98. The summed E-state index contributed by atoms with van der Waals surface area (Å²) in [6.45, 7) is 0. The van der Waals surface area contributed by atoms with Crippen LogP contribution in [0.25, 0.3) is 11.0 Å². The number of nitrogens with two attached hydrogens (primary N) is 1. The largest absolute Gasteiger partial charge is 0.495 e. The first kappa shape index (κ1) is 15.4. The standard InChI is InChI=1S/C17H16BrN3O2/c1-20-17(19)21(13-10-12(18)7-8-15(13)22-2)16-9-11-5-3-4-6-14(11)23-16/h3-10H,1-2H3,(H2,19,20). The average molecular weight is 374 g/mol. The molecule has 6 heteroatoms. The minimum atomic E-state index is 0.306. The molecule has 0 bridgehead atoms. The van der Waals surface area contributed by atoms with Crippen LogP contribution < -0.4 is 15.4 Å². The van der Waals surface area contributed by atoms with Gasteiger partial charge in [0.05, 0.1) is 12.8 Å². The maximum atomic E-state index is 6.12. The minimum Gasteiger partial charge on any atom is -0.495 e. The Bertz CT molecular complexity index is 840. The van der Waals surface area contributed by atoms with Gasteiger partial charge in [0.25, 0.3) is 0 Å². The van der Waals surface area contributed by atoms with Crippen molar-refractivity contribution in [1.82, 2.24) is 0 Å². The van der Waals surface area contributed by atoms with Crippen molar-refractivity contribution in [3.05, 3.63) is 53.0 Å². The number of guanidine groups is 1. The zero-order valence-electron chi connectivity index (χ0n) is 12.8. The second kappa shape index (κ2) is 6.34. The maximum Gasteiger partial charge on any atom is 0.208 e. The molecule has 0 aliphatic rings. The second-order valence-corrected chi connectivity index (χ2v) is 5.77. The fourth-order valence-electron chi connectivity index (χ4n) is 2.37. The Morgan fingerprint density at radius 1 is 1.22 bits per heavy atom. The number of rotatable bonds is 3. The highest BCUT2D eigenvalue weighted by atomic mass is 79.9. The molecule has 0 radical (unpaired) electrons. The van der Waals surface area contributed by atoms with Gasteiger partial charge in [-0.1, -0.05) is 34.1 Å². The van der Waals surface area contributed by atoms with Crippen LogP contribution in [0.4, 0.5) is 11.6 Å². The third-order valence-electron chi connectivity index (χ3n) is 3.47. The molecule has 0 spiro atoms. The summed E-state index contributed by atoms with van der Waals surface area (Å²) in [5.74, 6) is 1.55. The van der Waals surface area contributed by atoms with E-state index in [2.05, 4.69) is 20.9 Å². The van der Waals surface area contributed by atoms with E-state index in [1.54, 1.807) is 19.1 Å². The number of hydrogen-bond donors (Lipinski definition) is 1. The van der Waals surface area contributed by atoms with Crippen molar-refractivity contribution in [1.29, 1.82) is 0 Å². The lowest BCUT2D eigenvalue weighted by Crippen LogP contribution is -2.33. The number of anilines is 2. The zero-order valence-corrected chi connectivity index (χ0v) is 14.4. The average Bonchev–Trinajstić information content (AvgIpc) is 2.98. The Morgan fingerprint density at radius 3 is 2.70 bits per heavy atom. The Hall–Kier alpha value is -2.47. The number of fused-ring (bicyclic) bond motifs is 1. The van der Waals surface area contributed by atoms with E-state index in [9.17, 15) is 0 Å². The Morgan fingerprint density at radius 2 is 2.00 bits per heavy atom. The van der Waals surface area contributed by atoms with Gasteiger partial charge in [0.1, 0.15) is 11.3 Å². The molecule has 23 heavy (non-hydrogen) atoms. The lowest BCUT2D eigenvalue weighted by Gasteiger charge is -2.23. The van der Waals surface area contributed by atoms with Crippen molar-refractivity contribution >= 4 is 44.4 Å². The summed E-state index contributed by atoms with van der Waals surface area (Å²) >= 11 is 3.48. The number of halogens is 1. The van der Waals surface area contributed by atoms with Crippen LogP contribution in [-0.2, 0) is 0 Å². The number of para-hydroxylation sites is 1. The summed E-state index contributed by atoms with van der Waals surface area (Å²) < 4.78 is 12.3. The molecule has 2 aromatic carbocycles. The molecular weight excluding hydrogens is 358 g/mol. The molecule has 2 N–H and O–H groups in total. The van der Waals surface area contributed by atoms with Gasteiger partial charge in [-0.05, 0) is 24.3 Å². The predicted molar refractivity (Wildman–Crippen MR) is 96.6 cm³/mol. The normalized spacial score (nSPS) is 11.7. The molecule has 3 aromatic rings. The lowest BCUT2D eigenvalue weighted by atomic mass is 10.2. The highest BCUT2D eigenvalue weighted by Crippen LogP contribution is 2.38.